The number of ether oxygens (including phenoxy) is 1. The lowest BCUT2D eigenvalue weighted by molar-refractivity contribution is -0.122. The minimum absolute atomic E-state index is 0.000631. The van der Waals surface area contributed by atoms with E-state index in [9.17, 15) is 9.59 Å². The Balaban J connectivity index is 1.89. The van der Waals surface area contributed by atoms with Gasteiger partial charge in [0.25, 0.3) is 0 Å². The van der Waals surface area contributed by atoms with Gasteiger partial charge in [-0.3, -0.25) is 15.0 Å². The highest BCUT2D eigenvalue weighted by molar-refractivity contribution is 8.15. The molecule has 1 atom stereocenters. The Bertz CT molecular complexity index is 644. The number of aliphatic imine (C=N–C) groups is 1. The van der Waals surface area contributed by atoms with E-state index in [0.717, 1.165) is 17.5 Å². The molecule has 1 aliphatic rings. The highest BCUT2D eigenvalue weighted by Crippen LogP contribution is 2.23. The van der Waals surface area contributed by atoms with Crippen molar-refractivity contribution in [3.63, 3.8) is 0 Å². The van der Waals surface area contributed by atoms with Crippen LogP contribution < -0.4 is 21.1 Å². The van der Waals surface area contributed by atoms with Gasteiger partial charge in [-0.1, -0.05) is 11.8 Å². The van der Waals surface area contributed by atoms with Crippen LogP contribution in [0, 0.1) is 5.41 Å². The van der Waals surface area contributed by atoms with Crippen molar-refractivity contribution in [3.05, 3.63) is 24.3 Å². The van der Waals surface area contributed by atoms with Gasteiger partial charge in [0.2, 0.25) is 17.8 Å². The number of amides is 2. The highest BCUT2D eigenvalue weighted by Gasteiger charge is 2.32. The fraction of sp³-hybridized carbons (Fsp3) is 0.286. The maximum absolute atomic E-state index is 12.0. The number of nitrogens with zero attached hydrogens (tertiary/aromatic N) is 1. The van der Waals surface area contributed by atoms with E-state index >= 15 is 0 Å². The van der Waals surface area contributed by atoms with Crippen molar-refractivity contribution in [2.24, 2.45) is 10.7 Å². The second-order valence-electron chi connectivity index (χ2n) is 4.61. The summed E-state index contributed by atoms with van der Waals surface area (Å²) in [5.74, 6) is -0.281. The van der Waals surface area contributed by atoms with Gasteiger partial charge in [-0.2, -0.15) is 4.99 Å². The Morgan fingerprint density at radius 3 is 2.78 bits per heavy atom. The number of amidine groups is 1. The molecule has 1 heterocycles. The molecule has 0 aliphatic carbocycles. The molecule has 0 aromatic heterocycles. The quantitative estimate of drug-likeness (QED) is 0.469. The van der Waals surface area contributed by atoms with Crippen LogP contribution in [0.4, 0.5) is 5.69 Å². The summed E-state index contributed by atoms with van der Waals surface area (Å²) in [4.78, 5) is 27.4. The summed E-state index contributed by atoms with van der Waals surface area (Å²) < 4.78 is 5.32. The number of hydrogen-bond acceptors (Lipinski definition) is 5. The van der Waals surface area contributed by atoms with Gasteiger partial charge in [-0.15, -0.1) is 0 Å². The number of nitrogens with one attached hydrogen (secondary N) is 3. The molecule has 5 N–H and O–H groups in total. The molecular formula is C14H17N5O3S. The Morgan fingerprint density at radius 1 is 1.48 bits per heavy atom. The molecular weight excluding hydrogens is 318 g/mol. The van der Waals surface area contributed by atoms with Crippen LogP contribution in [0.2, 0.25) is 0 Å². The average Bonchev–Trinajstić information content (AvgIpc) is 2.80. The monoisotopic (exact) mass is 335 g/mol. The molecule has 0 bridgehead atoms. The molecule has 1 aliphatic heterocycles. The lowest BCUT2D eigenvalue weighted by Crippen LogP contribution is -2.28. The fourth-order valence-corrected chi connectivity index (χ4v) is 2.86. The third kappa shape index (κ3) is 4.99. The summed E-state index contributed by atoms with van der Waals surface area (Å²) in [7, 11) is 0. The van der Waals surface area contributed by atoms with E-state index in [-0.39, 0.29) is 23.4 Å². The second-order valence-corrected chi connectivity index (χ2v) is 5.80. The van der Waals surface area contributed by atoms with Gasteiger partial charge in [-0.05, 0) is 31.2 Å². The van der Waals surface area contributed by atoms with Crippen molar-refractivity contribution in [2.45, 2.75) is 18.6 Å². The number of guanidine groups is 1. The third-order valence-electron chi connectivity index (χ3n) is 2.82. The van der Waals surface area contributed by atoms with Gasteiger partial charge in [0.05, 0.1) is 6.61 Å². The van der Waals surface area contributed by atoms with E-state index < -0.39 is 11.2 Å². The standard InChI is InChI=1S/C14H17N5O3S/c1-2-22-9-5-3-8(4-6-9)17-11(20)7-10-12(21)18-14(23-10)19-13(15)16/h3-6,10H,2,7H2,1H3,(H,17,20)(H4,15,16,18,19,21). The van der Waals surface area contributed by atoms with E-state index in [1.807, 2.05) is 6.92 Å². The number of carbonyl (C=O) groups is 2. The van der Waals surface area contributed by atoms with Crippen LogP contribution in [0.1, 0.15) is 13.3 Å². The van der Waals surface area contributed by atoms with E-state index in [4.69, 9.17) is 15.9 Å². The number of benzene rings is 1. The molecule has 8 nitrogen and oxygen atoms in total. The van der Waals surface area contributed by atoms with Crippen molar-refractivity contribution in [3.8, 4) is 5.75 Å². The first-order chi connectivity index (χ1) is 11.0. The van der Waals surface area contributed by atoms with E-state index in [0.29, 0.717) is 12.3 Å². The third-order valence-corrected chi connectivity index (χ3v) is 3.90. The predicted molar refractivity (Wildman–Crippen MR) is 89.7 cm³/mol. The number of nitrogens with two attached hydrogens (primary N) is 1. The molecule has 1 aromatic rings. The summed E-state index contributed by atoms with van der Waals surface area (Å²) in [5.41, 5.74) is 5.77. The summed E-state index contributed by atoms with van der Waals surface area (Å²) in [6.07, 6.45) is 0.000631. The number of hydrogen-bond donors (Lipinski definition) is 4. The maximum atomic E-state index is 12.0. The molecule has 0 radical (unpaired) electrons. The molecule has 1 unspecified atom stereocenters. The minimum Gasteiger partial charge on any atom is -0.494 e. The van der Waals surface area contributed by atoms with E-state index in [2.05, 4.69) is 15.6 Å². The smallest absolute Gasteiger partial charge is 0.240 e. The molecule has 9 heteroatoms. The van der Waals surface area contributed by atoms with Crippen LogP contribution >= 0.6 is 11.8 Å². The lowest BCUT2D eigenvalue weighted by Gasteiger charge is -2.08. The van der Waals surface area contributed by atoms with Gasteiger partial charge in [0, 0.05) is 12.1 Å². The minimum atomic E-state index is -0.587. The summed E-state index contributed by atoms with van der Waals surface area (Å²) in [6.45, 7) is 2.47. The molecule has 122 valence electrons. The van der Waals surface area contributed by atoms with Gasteiger partial charge < -0.3 is 21.1 Å². The lowest BCUT2D eigenvalue weighted by atomic mass is 10.2. The van der Waals surface area contributed by atoms with Crippen LogP contribution in [0.15, 0.2) is 29.3 Å². The Kier molecular flexibility index (Phi) is 5.58. The van der Waals surface area contributed by atoms with Crippen molar-refractivity contribution in [2.75, 3.05) is 11.9 Å². The molecule has 0 saturated carbocycles. The van der Waals surface area contributed by atoms with Gasteiger partial charge in [-0.25, -0.2) is 0 Å². The van der Waals surface area contributed by atoms with Crippen molar-refractivity contribution < 1.29 is 14.3 Å². The van der Waals surface area contributed by atoms with Gasteiger partial charge in [0.1, 0.15) is 11.0 Å². The zero-order chi connectivity index (χ0) is 16.8. The number of rotatable bonds is 5. The van der Waals surface area contributed by atoms with Crippen molar-refractivity contribution in [1.29, 1.82) is 5.41 Å². The second kappa shape index (κ2) is 7.63. The van der Waals surface area contributed by atoms with Gasteiger partial charge in [0.15, 0.2) is 5.17 Å². The summed E-state index contributed by atoms with van der Waals surface area (Å²) in [6, 6.07) is 6.97. The Labute approximate surface area is 137 Å². The maximum Gasteiger partial charge on any atom is 0.240 e. The molecule has 23 heavy (non-hydrogen) atoms. The molecule has 2 rings (SSSR count). The Hall–Kier alpha value is -2.55. The summed E-state index contributed by atoms with van der Waals surface area (Å²) >= 11 is 1.08. The van der Waals surface area contributed by atoms with Crippen LogP contribution in [0.5, 0.6) is 5.75 Å². The molecule has 1 saturated heterocycles. The predicted octanol–water partition coefficient (Wildman–Crippen LogP) is 0.895. The van der Waals surface area contributed by atoms with Gasteiger partial charge >= 0.3 is 0 Å². The zero-order valence-electron chi connectivity index (χ0n) is 12.5. The molecule has 2 amide bonds. The first-order valence-electron chi connectivity index (χ1n) is 6.91. The number of thioether (sulfide) groups is 1. The fourth-order valence-electron chi connectivity index (χ4n) is 1.88. The van der Waals surface area contributed by atoms with Crippen LogP contribution in [-0.2, 0) is 9.59 Å². The van der Waals surface area contributed by atoms with Crippen molar-refractivity contribution >= 4 is 40.4 Å². The van der Waals surface area contributed by atoms with Crippen molar-refractivity contribution in [1.82, 2.24) is 5.32 Å². The first-order valence-corrected chi connectivity index (χ1v) is 7.79. The van der Waals surface area contributed by atoms with Crippen LogP contribution in [0.25, 0.3) is 0 Å². The van der Waals surface area contributed by atoms with E-state index in [1.54, 1.807) is 24.3 Å². The Morgan fingerprint density at radius 2 is 2.17 bits per heavy atom. The first kappa shape index (κ1) is 16.8. The topological polar surface area (TPSA) is 130 Å². The van der Waals surface area contributed by atoms with Crippen LogP contribution in [-0.4, -0.2) is 34.8 Å². The molecule has 1 fully saturated rings. The molecule has 0 spiro atoms. The molecule has 1 aromatic carbocycles. The average molecular weight is 335 g/mol. The largest absolute Gasteiger partial charge is 0.494 e. The highest BCUT2D eigenvalue weighted by atomic mass is 32.2. The SMILES string of the molecule is CCOc1ccc(NC(=O)CC2SC(=NC(=N)N)NC2=O)cc1. The normalized spacial score (nSPS) is 18.6. The van der Waals surface area contributed by atoms with E-state index in [1.165, 1.54) is 0 Å². The number of anilines is 1. The van der Waals surface area contributed by atoms with Crippen LogP contribution in [0.3, 0.4) is 0 Å². The number of carbonyl (C=O) groups excluding carboxylic acids is 2. The zero-order valence-corrected chi connectivity index (χ0v) is 13.3. The summed E-state index contributed by atoms with van der Waals surface area (Å²) in [5, 5.41) is 11.9.